The fourth-order valence-electron chi connectivity index (χ4n) is 4.32. The Labute approximate surface area is 208 Å². The number of aromatic amines is 2. The molecule has 5 aromatic heterocycles. The van der Waals surface area contributed by atoms with E-state index < -0.39 is 0 Å². The second kappa shape index (κ2) is 9.24. The van der Waals surface area contributed by atoms with E-state index in [2.05, 4.69) is 65.4 Å². The van der Waals surface area contributed by atoms with Crippen molar-refractivity contribution < 1.29 is 4.74 Å². The number of fused-ring (bicyclic) bond motifs is 2. The van der Waals surface area contributed by atoms with Crippen LogP contribution >= 0.6 is 0 Å². The molecule has 2 N–H and O–H groups in total. The predicted molar refractivity (Wildman–Crippen MR) is 142 cm³/mol. The maximum Gasteiger partial charge on any atom is 0.138 e. The Hall–Kier alpha value is -4.56. The first-order chi connectivity index (χ1) is 17.7. The molecular formula is C28H25N7O. The summed E-state index contributed by atoms with van der Waals surface area (Å²) in [5, 5.41) is 9.84. The third-order valence-electron chi connectivity index (χ3n) is 6.16. The lowest BCUT2D eigenvalue weighted by Crippen LogP contribution is -2.19. The first kappa shape index (κ1) is 21.9. The molecule has 0 saturated heterocycles. The van der Waals surface area contributed by atoms with E-state index in [9.17, 15) is 0 Å². The number of H-pyrrole nitrogens is 2. The standard InChI is InChI=1S/C28H25N7O/c1-35(2)9-10-36-20-11-19(15-30-16-20)25-13-23-27(17-31-25)33-34-28(23)26-12-22-21(6-3-7-24(22)32-26)18-5-4-8-29-14-18/h3-8,11-17,32H,9-10H2,1-2H3,(H,33,34). The summed E-state index contributed by atoms with van der Waals surface area (Å²) in [7, 11) is 4.04. The van der Waals surface area contributed by atoms with Crippen LogP contribution in [-0.4, -0.2) is 62.3 Å². The number of hydrogen-bond acceptors (Lipinski definition) is 6. The van der Waals surface area contributed by atoms with E-state index in [1.807, 2.05) is 44.7 Å². The van der Waals surface area contributed by atoms with Crippen LogP contribution in [-0.2, 0) is 0 Å². The highest BCUT2D eigenvalue weighted by atomic mass is 16.5. The third kappa shape index (κ3) is 4.18. The van der Waals surface area contributed by atoms with Gasteiger partial charge in [0.15, 0.2) is 0 Å². The molecule has 5 heterocycles. The molecule has 8 heteroatoms. The first-order valence-electron chi connectivity index (χ1n) is 11.8. The van der Waals surface area contributed by atoms with Crippen molar-refractivity contribution in [3.63, 3.8) is 0 Å². The fraction of sp³-hybridized carbons (Fsp3) is 0.143. The van der Waals surface area contributed by atoms with Crippen molar-refractivity contribution in [3.8, 4) is 39.5 Å². The van der Waals surface area contributed by atoms with Gasteiger partial charge in [-0.2, -0.15) is 5.10 Å². The second-order valence-electron chi connectivity index (χ2n) is 8.94. The van der Waals surface area contributed by atoms with Gasteiger partial charge < -0.3 is 14.6 Å². The van der Waals surface area contributed by atoms with Crippen LogP contribution in [0.2, 0.25) is 0 Å². The molecule has 1 aromatic carbocycles. The molecule has 0 aliphatic carbocycles. The summed E-state index contributed by atoms with van der Waals surface area (Å²) in [4.78, 5) is 18.9. The third-order valence-corrected chi connectivity index (χ3v) is 6.16. The van der Waals surface area contributed by atoms with Crippen LogP contribution in [0.5, 0.6) is 5.75 Å². The molecule has 0 saturated carbocycles. The molecule has 0 atom stereocenters. The molecule has 0 unspecified atom stereocenters. The molecule has 178 valence electrons. The lowest BCUT2D eigenvalue weighted by molar-refractivity contribution is 0.261. The quantitative estimate of drug-likeness (QED) is 0.331. The molecule has 0 spiro atoms. The van der Waals surface area contributed by atoms with Crippen LogP contribution < -0.4 is 4.74 Å². The van der Waals surface area contributed by atoms with E-state index in [1.165, 1.54) is 0 Å². The van der Waals surface area contributed by atoms with E-state index in [0.29, 0.717) is 6.61 Å². The summed E-state index contributed by atoms with van der Waals surface area (Å²) < 4.78 is 5.87. The predicted octanol–water partition coefficient (Wildman–Crippen LogP) is 5.17. The number of pyridine rings is 3. The van der Waals surface area contributed by atoms with E-state index in [4.69, 9.17) is 4.74 Å². The van der Waals surface area contributed by atoms with Gasteiger partial charge in [0, 0.05) is 52.6 Å². The molecule has 0 aliphatic heterocycles. The van der Waals surface area contributed by atoms with Crippen LogP contribution in [0, 0.1) is 0 Å². The largest absolute Gasteiger partial charge is 0.491 e. The number of benzene rings is 1. The van der Waals surface area contributed by atoms with Gasteiger partial charge in [0.25, 0.3) is 0 Å². The summed E-state index contributed by atoms with van der Waals surface area (Å²) in [6, 6.07) is 16.4. The number of hydrogen-bond donors (Lipinski definition) is 2. The van der Waals surface area contributed by atoms with E-state index >= 15 is 0 Å². The van der Waals surface area contributed by atoms with Crippen molar-refractivity contribution in [1.82, 2.24) is 35.0 Å². The summed E-state index contributed by atoms with van der Waals surface area (Å²) in [5.41, 5.74) is 7.59. The zero-order valence-corrected chi connectivity index (χ0v) is 20.1. The van der Waals surface area contributed by atoms with Crippen molar-refractivity contribution in [2.45, 2.75) is 0 Å². The Bertz CT molecular complexity index is 1650. The molecule has 36 heavy (non-hydrogen) atoms. The highest BCUT2D eigenvalue weighted by Crippen LogP contribution is 2.34. The second-order valence-corrected chi connectivity index (χ2v) is 8.94. The number of nitrogens with zero attached hydrogens (tertiary/aromatic N) is 5. The van der Waals surface area contributed by atoms with Crippen LogP contribution in [0.25, 0.3) is 55.6 Å². The highest BCUT2D eigenvalue weighted by Gasteiger charge is 2.15. The van der Waals surface area contributed by atoms with Gasteiger partial charge in [-0.05, 0) is 50.0 Å². The zero-order chi connectivity index (χ0) is 24.5. The minimum Gasteiger partial charge on any atom is -0.491 e. The molecule has 0 aliphatic rings. The summed E-state index contributed by atoms with van der Waals surface area (Å²) in [6.07, 6.45) is 9.01. The van der Waals surface area contributed by atoms with Gasteiger partial charge >= 0.3 is 0 Å². The Balaban J connectivity index is 1.38. The number of aromatic nitrogens is 6. The average Bonchev–Trinajstić information content (AvgIpc) is 3.53. The van der Waals surface area contributed by atoms with Crippen LogP contribution in [0.3, 0.4) is 0 Å². The maximum atomic E-state index is 5.87. The molecule has 6 rings (SSSR count). The van der Waals surface area contributed by atoms with Gasteiger partial charge in [0.1, 0.15) is 18.1 Å². The number of rotatable bonds is 7. The topological polar surface area (TPSA) is 95.6 Å². The van der Waals surface area contributed by atoms with Gasteiger partial charge in [-0.15, -0.1) is 0 Å². The first-order valence-corrected chi connectivity index (χ1v) is 11.8. The molecule has 0 fully saturated rings. The summed E-state index contributed by atoms with van der Waals surface area (Å²) in [6.45, 7) is 1.43. The van der Waals surface area contributed by atoms with Gasteiger partial charge in [0.2, 0.25) is 0 Å². The Morgan fingerprint density at radius 1 is 0.861 bits per heavy atom. The molecule has 0 amide bonds. The van der Waals surface area contributed by atoms with Crippen molar-refractivity contribution in [1.29, 1.82) is 0 Å². The van der Waals surface area contributed by atoms with E-state index in [1.54, 1.807) is 18.6 Å². The SMILES string of the molecule is CN(C)CCOc1cncc(-c2cc3c(-c4cc5c(-c6cccnc6)cccc5[nH]4)n[nH]c3cn2)c1. The minimum atomic E-state index is 0.595. The smallest absolute Gasteiger partial charge is 0.138 e. The maximum absolute atomic E-state index is 5.87. The molecule has 6 aromatic rings. The van der Waals surface area contributed by atoms with Gasteiger partial charge in [0.05, 0.1) is 29.3 Å². The van der Waals surface area contributed by atoms with Crippen molar-refractivity contribution >= 4 is 21.8 Å². The zero-order valence-electron chi connectivity index (χ0n) is 20.1. The fourth-order valence-corrected chi connectivity index (χ4v) is 4.32. The van der Waals surface area contributed by atoms with Crippen LogP contribution in [0.1, 0.15) is 0 Å². The van der Waals surface area contributed by atoms with Gasteiger partial charge in [-0.1, -0.05) is 18.2 Å². The lowest BCUT2D eigenvalue weighted by atomic mass is 10.0. The van der Waals surface area contributed by atoms with Crippen LogP contribution in [0.4, 0.5) is 0 Å². The summed E-state index contributed by atoms with van der Waals surface area (Å²) >= 11 is 0. The molecule has 8 nitrogen and oxygen atoms in total. The molecular weight excluding hydrogens is 450 g/mol. The van der Waals surface area contributed by atoms with Crippen molar-refractivity contribution in [2.75, 3.05) is 27.2 Å². The van der Waals surface area contributed by atoms with Crippen molar-refractivity contribution in [3.05, 3.63) is 79.5 Å². The number of ether oxygens (including phenoxy) is 1. The number of likely N-dealkylation sites (N-methyl/N-ethyl adjacent to an activating group) is 1. The Morgan fingerprint density at radius 3 is 2.64 bits per heavy atom. The number of nitrogens with one attached hydrogen (secondary N) is 2. The van der Waals surface area contributed by atoms with Crippen molar-refractivity contribution in [2.24, 2.45) is 0 Å². The Morgan fingerprint density at radius 2 is 1.78 bits per heavy atom. The molecule has 0 radical (unpaired) electrons. The molecule has 0 bridgehead atoms. The minimum absolute atomic E-state index is 0.595. The normalized spacial score (nSPS) is 11.5. The van der Waals surface area contributed by atoms with Gasteiger partial charge in [-0.25, -0.2) is 0 Å². The van der Waals surface area contributed by atoms with E-state index in [-0.39, 0.29) is 0 Å². The van der Waals surface area contributed by atoms with Crippen LogP contribution in [0.15, 0.2) is 79.5 Å². The van der Waals surface area contributed by atoms with Gasteiger partial charge in [-0.3, -0.25) is 20.1 Å². The lowest BCUT2D eigenvalue weighted by Gasteiger charge is -2.11. The average molecular weight is 476 g/mol. The summed E-state index contributed by atoms with van der Waals surface area (Å²) in [5.74, 6) is 0.724. The van der Waals surface area contributed by atoms with E-state index in [0.717, 1.165) is 67.9 Å². The highest BCUT2D eigenvalue weighted by molar-refractivity contribution is 6.01. The monoisotopic (exact) mass is 475 g/mol. The Kier molecular flexibility index (Phi) is 5.63.